The van der Waals surface area contributed by atoms with Crippen LogP contribution in [0.1, 0.15) is 16.7 Å². The first kappa shape index (κ1) is 17.1. The van der Waals surface area contributed by atoms with Gasteiger partial charge in [0.2, 0.25) is 0 Å². The van der Waals surface area contributed by atoms with Crippen molar-refractivity contribution < 1.29 is 21.9 Å². The number of allylic oxidation sites excluding steroid dienone is 1. The topological polar surface area (TPSA) is 67.2 Å². The lowest BCUT2D eigenvalue weighted by Crippen LogP contribution is -2.03. The van der Waals surface area contributed by atoms with Gasteiger partial charge in [-0.1, -0.05) is 6.58 Å². The summed E-state index contributed by atoms with van der Waals surface area (Å²) in [6, 6.07) is 8.03. The van der Waals surface area contributed by atoms with Crippen LogP contribution in [0.15, 0.2) is 41.8 Å². The molecule has 2 aromatic rings. The van der Waals surface area contributed by atoms with Crippen LogP contribution in [-0.2, 0) is 16.3 Å². The number of ether oxygens (including phenoxy) is 1. The smallest absolute Gasteiger partial charge is 0.176 e. The summed E-state index contributed by atoms with van der Waals surface area (Å²) in [5, 5.41) is 8.90. The lowest BCUT2D eigenvalue weighted by Gasteiger charge is -2.13. The molecular weight excluding hydrogens is 348 g/mol. The summed E-state index contributed by atoms with van der Waals surface area (Å²) in [5.74, 6) is -0.372. The van der Waals surface area contributed by atoms with Crippen LogP contribution in [0.25, 0.3) is 5.57 Å². The Hall–Kier alpha value is -2.72. The van der Waals surface area contributed by atoms with E-state index in [9.17, 15) is 17.2 Å². The molecule has 0 aliphatic heterocycles. The number of nitrogens with zero attached hydrogens (tertiary/aromatic N) is 1. The highest BCUT2D eigenvalue weighted by atomic mass is 32.2. The third-order valence-corrected chi connectivity index (χ3v) is 5.08. The van der Waals surface area contributed by atoms with E-state index in [1.165, 1.54) is 18.2 Å². The van der Waals surface area contributed by atoms with Crippen molar-refractivity contribution >= 4 is 15.4 Å². The largest absolute Gasteiger partial charge is 0.457 e. The monoisotopic (exact) mass is 361 g/mol. The minimum absolute atomic E-state index is 0.0167. The average molecular weight is 361 g/mol. The Morgan fingerprint density at radius 3 is 2.68 bits per heavy atom. The number of rotatable bonds is 3. The van der Waals surface area contributed by atoms with Gasteiger partial charge in [0, 0.05) is 29.9 Å². The molecule has 0 N–H and O–H groups in total. The lowest BCUT2D eigenvalue weighted by atomic mass is 10.1. The molecule has 0 fully saturated rings. The zero-order chi connectivity index (χ0) is 18.4. The summed E-state index contributed by atoms with van der Waals surface area (Å²) < 4.78 is 57.2. The predicted molar refractivity (Wildman–Crippen MR) is 88.4 cm³/mol. The highest BCUT2D eigenvalue weighted by Gasteiger charge is 2.33. The molecule has 1 aliphatic carbocycles. The number of fused-ring (bicyclic) bond motifs is 1. The Morgan fingerprint density at radius 1 is 1.32 bits per heavy atom. The number of hydrogen-bond donors (Lipinski definition) is 0. The van der Waals surface area contributed by atoms with Crippen LogP contribution in [0.4, 0.5) is 8.78 Å². The summed E-state index contributed by atoms with van der Waals surface area (Å²) in [6.45, 7) is 3.64. The predicted octanol–water partition coefficient (Wildman–Crippen LogP) is 3.80. The number of nitriles is 1. The van der Waals surface area contributed by atoms with Crippen molar-refractivity contribution in [2.24, 2.45) is 0 Å². The number of hydrogen-bond acceptors (Lipinski definition) is 4. The third kappa shape index (κ3) is 3.13. The van der Waals surface area contributed by atoms with Gasteiger partial charge in [-0.2, -0.15) is 5.26 Å². The van der Waals surface area contributed by atoms with Crippen molar-refractivity contribution in [1.82, 2.24) is 0 Å². The van der Waals surface area contributed by atoms with Gasteiger partial charge in [-0.05, 0) is 29.8 Å². The van der Waals surface area contributed by atoms with Crippen LogP contribution < -0.4 is 4.74 Å². The Balaban J connectivity index is 2.13. The second kappa shape index (κ2) is 5.97. The maximum Gasteiger partial charge on any atom is 0.176 e. The van der Waals surface area contributed by atoms with E-state index in [1.807, 2.05) is 6.07 Å². The van der Waals surface area contributed by atoms with Crippen molar-refractivity contribution in [3.63, 3.8) is 0 Å². The van der Waals surface area contributed by atoms with Gasteiger partial charge in [0.15, 0.2) is 9.84 Å². The molecule has 0 saturated heterocycles. The second-order valence-electron chi connectivity index (χ2n) is 5.77. The molecule has 1 aliphatic rings. The fourth-order valence-electron chi connectivity index (χ4n) is 2.84. The van der Waals surface area contributed by atoms with E-state index >= 15 is 0 Å². The molecule has 25 heavy (non-hydrogen) atoms. The molecule has 1 unspecified atom stereocenters. The molecule has 0 bridgehead atoms. The summed E-state index contributed by atoms with van der Waals surface area (Å²) in [5.41, 5.74) is 0.734. The minimum atomic E-state index is -3.58. The molecular formula is C18H13F2NO3S. The van der Waals surface area contributed by atoms with Gasteiger partial charge < -0.3 is 4.74 Å². The Kier molecular flexibility index (Phi) is 4.09. The van der Waals surface area contributed by atoms with E-state index in [2.05, 4.69) is 6.58 Å². The van der Waals surface area contributed by atoms with Crippen molar-refractivity contribution in [1.29, 1.82) is 5.26 Å². The highest BCUT2D eigenvalue weighted by Crippen LogP contribution is 2.43. The van der Waals surface area contributed by atoms with E-state index in [0.717, 1.165) is 18.4 Å². The summed E-state index contributed by atoms with van der Waals surface area (Å²) >= 11 is 0. The van der Waals surface area contributed by atoms with Gasteiger partial charge in [0.1, 0.15) is 23.5 Å². The van der Waals surface area contributed by atoms with Crippen LogP contribution in [0.5, 0.6) is 11.5 Å². The maximum absolute atomic E-state index is 14.1. The summed E-state index contributed by atoms with van der Waals surface area (Å²) in [7, 11) is -3.58. The molecule has 3 rings (SSSR count). The van der Waals surface area contributed by atoms with E-state index in [0.29, 0.717) is 5.56 Å². The number of alkyl halides is 1. The molecule has 0 amide bonds. The van der Waals surface area contributed by atoms with Gasteiger partial charge in [-0.3, -0.25) is 0 Å². The maximum atomic E-state index is 14.1. The first-order chi connectivity index (χ1) is 11.7. The zero-order valence-electron chi connectivity index (χ0n) is 13.2. The summed E-state index contributed by atoms with van der Waals surface area (Å²) in [4.78, 5) is -0.0167. The van der Waals surface area contributed by atoms with Crippen molar-refractivity contribution in [2.45, 2.75) is 17.5 Å². The van der Waals surface area contributed by atoms with Gasteiger partial charge in [-0.15, -0.1) is 0 Å². The van der Waals surface area contributed by atoms with Crippen LogP contribution >= 0.6 is 0 Å². The molecule has 7 heteroatoms. The quantitative estimate of drug-likeness (QED) is 0.834. The number of halogens is 2. The normalized spacial score (nSPS) is 16.4. The molecule has 2 aromatic carbocycles. The van der Waals surface area contributed by atoms with E-state index in [4.69, 9.17) is 10.00 Å². The number of benzene rings is 2. The van der Waals surface area contributed by atoms with E-state index in [1.54, 1.807) is 0 Å². The van der Waals surface area contributed by atoms with Crippen LogP contribution in [0.3, 0.4) is 0 Å². The molecule has 0 aromatic heterocycles. The van der Waals surface area contributed by atoms with Crippen molar-refractivity contribution in [2.75, 3.05) is 6.26 Å². The third-order valence-electron chi connectivity index (χ3n) is 3.94. The van der Waals surface area contributed by atoms with Gasteiger partial charge in [-0.25, -0.2) is 17.2 Å². The SMILES string of the molecule is C=C1c2c(S(C)(=O)=O)ccc(Oc3cc(F)cc(C#N)c3)c2CC1F. The van der Waals surface area contributed by atoms with Crippen LogP contribution in [0, 0.1) is 17.1 Å². The second-order valence-corrected chi connectivity index (χ2v) is 7.76. The number of sulfone groups is 1. The van der Waals surface area contributed by atoms with Crippen LogP contribution in [-0.4, -0.2) is 20.8 Å². The molecule has 4 nitrogen and oxygen atoms in total. The Labute approximate surface area is 143 Å². The fourth-order valence-corrected chi connectivity index (χ4v) is 3.78. The van der Waals surface area contributed by atoms with Crippen molar-refractivity contribution in [3.05, 3.63) is 59.4 Å². The first-order valence-corrected chi connectivity index (χ1v) is 9.17. The molecule has 0 spiro atoms. The van der Waals surface area contributed by atoms with E-state index in [-0.39, 0.29) is 39.5 Å². The molecule has 0 radical (unpaired) electrons. The van der Waals surface area contributed by atoms with Gasteiger partial charge in [0.05, 0.1) is 16.5 Å². The lowest BCUT2D eigenvalue weighted by molar-refractivity contribution is 0.414. The van der Waals surface area contributed by atoms with Gasteiger partial charge in [0.25, 0.3) is 0 Å². The minimum Gasteiger partial charge on any atom is -0.457 e. The molecule has 1 atom stereocenters. The van der Waals surface area contributed by atoms with E-state index < -0.39 is 21.8 Å². The first-order valence-electron chi connectivity index (χ1n) is 7.28. The zero-order valence-corrected chi connectivity index (χ0v) is 14.0. The average Bonchev–Trinajstić information content (AvgIpc) is 2.82. The standard InChI is InChI=1S/C18H13F2NO3S/c1-10-15(20)8-14-16(3-4-17(18(10)14)25(2,22)23)24-13-6-11(9-21)5-12(19)7-13/h3-7,15H,1,8H2,2H3. The van der Waals surface area contributed by atoms with Crippen molar-refractivity contribution in [3.8, 4) is 17.6 Å². The molecule has 128 valence electrons. The fraction of sp³-hybridized carbons (Fsp3) is 0.167. The molecule has 0 heterocycles. The van der Waals surface area contributed by atoms with Gasteiger partial charge >= 0.3 is 0 Å². The molecule has 0 saturated carbocycles. The Bertz CT molecular complexity index is 1040. The summed E-state index contributed by atoms with van der Waals surface area (Å²) in [6.07, 6.45) is -0.455. The Morgan fingerprint density at radius 2 is 2.04 bits per heavy atom. The van der Waals surface area contributed by atoms with Crippen LogP contribution in [0.2, 0.25) is 0 Å². The highest BCUT2D eigenvalue weighted by molar-refractivity contribution is 7.90.